The van der Waals surface area contributed by atoms with Crippen molar-refractivity contribution in [1.82, 2.24) is 16.2 Å². The van der Waals surface area contributed by atoms with Gasteiger partial charge in [0, 0.05) is 5.56 Å². The predicted molar refractivity (Wildman–Crippen MR) is 93.5 cm³/mol. The molecule has 2 atom stereocenters. The summed E-state index contributed by atoms with van der Waals surface area (Å²) in [5.74, 6) is -1.98. The highest BCUT2D eigenvalue weighted by atomic mass is 16.6. The summed E-state index contributed by atoms with van der Waals surface area (Å²) >= 11 is 0. The minimum atomic E-state index is -1.44. The van der Waals surface area contributed by atoms with Crippen molar-refractivity contribution in [2.24, 2.45) is 5.41 Å². The maximum Gasteiger partial charge on any atom is 0.310 e. The standard InChI is InChI=1S/C18H21N3O7/c1-27-11-5-2-4-10(8-11)14(23)20-21-17(26)18(6-3-7-18)16(25)19-12-9-13(22)28-15(12)24/h2,4-5,8,12,15,24H,3,6-7,9H2,1H3,(H,19,25)(H,20,23)(H,21,26)/t12-,15?/m0/s1. The molecule has 10 heteroatoms. The first-order chi connectivity index (χ1) is 13.4. The van der Waals surface area contributed by atoms with Crippen LogP contribution in [0.15, 0.2) is 24.3 Å². The topological polar surface area (TPSA) is 143 Å². The van der Waals surface area contributed by atoms with E-state index in [4.69, 9.17) is 4.74 Å². The summed E-state index contributed by atoms with van der Waals surface area (Å²) in [5, 5.41) is 12.1. The van der Waals surface area contributed by atoms with Gasteiger partial charge in [0.25, 0.3) is 11.8 Å². The summed E-state index contributed by atoms with van der Waals surface area (Å²) in [6.07, 6.45) is -0.372. The van der Waals surface area contributed by atoms with E-state index in [1.165, 1.54) is 13.2 Å². The van der Waals surface area contributed by atoms with Gasteiger partial charge in [0.2, 0.25) is 12.2 Å². The fraction of sp³-hybridized carbons (Fsp3) is 0.444. The van der Waals surface area contributed by atoms with Gasteiger partial charge >= 0.3 is 5.97 Å². The van der Waals surface area contributed by atoms with Crippen LogP contribution < -0.4 is 20.9 Å². The van der Waals surface area contributed by atoms with E-state index in [1.54, 1.807) is 18.2 Å². The third-order valence-electron chi connectivity index (χ3n) is 5.00. The molecule has 0 bridgehead atoms. The number of hydrogen-bond donors (Lipinski definition) is 4. The van der Waals surface area contributed by atoms with Crippen LogP contribution in [0.2, 0.25) is 0 Å². The number of cyclic esters (lactones) is 1. The van der Waals surface area contributed by atoms with Crippen molar-refractivity contribution in [3.05, 3.63) is 29.8 Å². The average molecular weight is 391 g/mol. The Balaban J connectivity index is 1.60. The number of nitrogens with one attached hydrogen (secondary N) is 3. The van der Waals surface area contributed by atoms with Crippen LogP contribution in [0.3, 0.4) is 0 Å². The monoisotopic (exact) mass is 391 g/mol. The molecule has 2 fully saturated rings. The van der Waals surface area contributed by atoms with Crippen molar-refractivity contribution in [1.29, 1.82) is 0 Å². The molecule has 0 aromatic heterocycles. The molecule has 1 aromatic rings. The first-order valence-electron chi connectivity index (χ1n) is 8.79. The third-order valence-corrected chi connectivity index (χ3v) is 5.00. The molecule has 10 nitrogen and oxygen atoms in total. The van der Waals surface area contributed by atoms with E-state index in [9.17, 15) is 24.3 Å². The van der Waals surface area contributed by atoms with Gasteiger partial charge in [-0.15, -0.1) is 0 Å². The quantitative estimate of drug-likeness (QED) is 0.297. The molecule has 150 valence electrons. The van der Waals surface area contributed by atoms with Gasteiger partial charge in [-0.3, -0.25) is 30.0 Å². The molecule has 4 N–H and O–H groups in total. The van der Waals surface area contributed by atoms with Crippen molar-refractivity contribution < 1.29 is 33.8 Å². The van der Waals surface area contributed by atoms with Crippen LogP contribution in [0.25, 0.3) is 0 Å². The van der Waals surface area contributed by atoms with Gasteiger partial charge < -0.3 is 19.9 Å². The normalized spacial score (nSPS) is 22.4. The lowest BCUT2D eigenvalue weighted by molar-refractivity contribution is -0.158. The molecule has 0 radical (unpaired) electrons. The van der Waals surface area contributed by atoms with E-state index in [0.717, 1.165) is 0 Å². The van der Waals surface area contributed by atoms with Crippen LogP contribution in [-0.4, -0.2) is 48.2 Å². The van der Waals surface area contributed by atoms with Crippen LogP contribution in [0.5, 0.6) is 5.75 Å². The van der Waals surface area contributed by atoms with Gasteiger partial charge in [-0.05, 0) is 31.0 Å². The van der Waals surface area contributed by atoms with Crippen molar-refractivity contribution in [2.75, 3.05) is 7.11 Å². The van der Waals surface area contributed by atoms with Gasteiger partial charge in [-0.25, -0.2) is 0 Å². The van der Waals surface area contributed by atoms with Crippen molar-refractivity contribution in [3.8, 4) is 5.75 Å². The Morgan fingerprint density at radius 1 is 1.21 bits per heavy atom. The Morgan fingerprint density at radius 2 is 1.96 bits per heavy atom. The van der Waals surface area contributed by atoms with Gasteiger partial charge in [0.05, 0.1) is 13.5 Å². The Labute approximate surface area is 160 Å². The van der Waals surface area contributed by atoms with Gasteiger partial charge in [-0.1, -0.05) is 12.5 Å². The first-order valence-corrected chi connectivity index (χ1v) is 8.79. The summed E-state index contributed by atoms with van der Waals surface area (Å²) in [7, 11) is 1.47. The zero-order valence-electron chi connectivity index (χ0n) is 15.2. The van der Waals surface area contributed by atoms with Gasteiger partial charge in [0.15, 0.2) is 0 Å². The molecule has 1 saturated heterocycles. The maximum absolute atomic E-state index is 12.6. The van der Waals surface area contributed by atoms with E-state index in [2.05, 4.69) is 20.9 Å². The summed E-state index contributed by atoms with van der Waals surface area (Å²) < 4.78 is 9.63. The molecule has 1 aliphatic heterocycles. The number of aliphatic hydroxyl groups is 1. The highest BCUT2D eigenvalue weighted by Gasteiger charge is 2.52. The molecule has 1 heterocycles. The Hall–Kier alpha value is -3.14. The summed E-state index contributed by atoms with van der Waals surface area (Å²) in [4.78, 5) is 48.6. The number of benzene rings is 1. The average Bonchev–Trinajstić information content (AvgIpc) is 2.95. The maximum atomic E-state index is 12.6. The highest BCUT2D eigenvalue weighted by Crippen LogP contribution is 2.41. The van der Waals surface area contributed by atoms with E-state index in [1.807, 2.05) is 0 Å². The molecule has 1 saturated carbocycles. The van der Waals surface area contributed by atoms with E-state index < -0.39 is 41.4 Å². The van der Waals surface area contributed by atoms with Gasteiger partial charge in [-0.2, -0.15) is 0 Å². The third kappa shape index (κ3) is 3.77. The number of hydrogen-bond acceptors (Lipinski definition) is 7. The second-order valence-electron chi connectivity index (χ2n) is 6.74. The second kappa shape index (κ2) is 7.85. The molecular weight excluding hydrogens is 370 g/mol. The summed E-state index contributed by atoms with van der Waals surface area (Å²) in [6.45, 7) is 0. The summed E-state index contributed by atoms with van der Waals surface area (Å²) in [6, 6.07) is 5.46. The minimum absolute atomic E-state index is 0.169. The Kier molecular flexibility index (Phi) is 5.50. The molecule has 1 aromatic carbocycles. The van der Waals surface area contributed by atoms with E-state index >= 15 is 0 Å². The molecule has 2 aliphatic rings. The fourth-order valence-corrected chi connectivity index (χ4v) is 3.13. The molecule has 1 unspecified atom stereocenters. The van der Waals surface area contributed by atoms with Crippen LogP contribution in [0.4, 0.5) is 0 Å². The number of methoxy groups -OCH3 is 1. The molecule has 3 amide bonds. The van der Waals surface area contributed by atoms with Crippen LogP contribution >= 0.6 is 0 Å². The largest absolute Gasteiger partial charge is 0.497 e. The smallest absolute Gasteiger partial charge is 0.310 e. The zero-order chi connectivity index (χ0) is 20.3. The Bertz CT molecular complexity index is 806. The zero-order valence-corrected chi connectivity index (χ0v) is 15.2. The lowest BCUT2D eigenvalue weighted by atomic mass is 9.67. The first kappa shape index (κ1) is 19.6. The van der Waals surface area contributed by atoms with E-state index in [0.29, 0.717) is 12.2 Å². The SMILES string of the molecule is COc1cccc(C(=O)NNC(=O)C2(C(=O)N[C@H]3CC(=O)OC3O)CCC2)c1. The van der Waals surface area contributed by atoms with E-state index in [-0.39, 0.29) is 24.8 Å². The van der Waals surface area contributed by atoms with Crippen molar-refractivity contribution in [2.45, 2.75) is 38.0 Å². The Morgan fingerprint density at radius 3 is 2.54 bits per heavy atom. The fourth-order valence-electron chi connectivity index (χ4n) is 3.13. The van der Waals surface area contributed by atoms with Crippen LogP contribution in [0.1, 0.15) is 36.0 Å². The number of esters is 1. The van der Waals surface area contributed by atoms with Crippen molar-refractivity contribution >= 4 is 23.7 Å². The number of ether oxygens (including phenoxy) is 2. The number of rotatable bonds is 5. The minimum Gasteiger partial charge on any atom is -0.497 e. The second-order valence-corrected chi connectivity index (χ2v) is 6.74. The highest BCUT2D eigenvalue weighted by molar-refractivity contribution is 6.07. The molecule has 28 heavy (non-hydrogen) atoms. The van der Waals surface area contributed by atoms with Crippen LogP contribution in [0, 0.1) is 5.41 Å². The number of amides is 3. The molecule has 1 aliphatic carbocycles. The lowest BCUT2D eigenvalue weighted by Crippen LogP contribution is -2.60. The lowest BCUT2D eigenvalue weighted by Gasteiger charge is -2.39. The number of carbonyl (C=O) groups excluding carboxylic acids is 4. The molecular formula is C18H21N3O7. The molecule has 0 spiro atoms. The number of aliphatic hydroxyl groups excluding tert-OH is 1. The van der Waals surface area contributed by atoms with Crippen molar-refractivity contribution in [3.63, 3.8) is 0 Å². The summed E-state index contributed by atoms with van der Waals surface area (Å²) in [5.41, 5.74) is 3.48. The number of hydrazine groups is 1. The predicted octanol–water partition coefficient (Wildman–Crippen LogP) is -0.623. The number of carbonyl (C=O) groups is 4. The molecule has 3 rings (SSSR count). The van der Waals surface area contributed by atoms with Gasteiger partial charge in [0.1, 0.15) is 17.2 Å². The van der Waals surface area contributed by atoms with Crippen LogP contribution in [-0.2, 0) is 19.1 Å².